The average molecular weight is 347 g/mol. The minimum Gasteiger partial charge on any atom is -0.464 e. The van der Waals surface area contributed by atoms with E-state index in [-0.39, 0.29) is 5.56 Å². The smallest absolute Gasteiger partial charge is 0.263 e. The van der Waals surface area contributed by atoms with E-state index in [2.05, 4.69) is 11.1 Å². The zero-order chi connectivity index (χ0) is 17.4. The van der Waals surface area contributed by atoms with Gasteiger partial charge in [0.25, 0.3) is 5.56 Å². The molecule has 3 heterocycles. The van der Waals surface area contributed by atoms with Crippen molar-refractivity contribution < 1.29 is 4.42 Å². The van der Waals surface area contributed by atoms with Crippen molar-refractivity contribution in [1.82, 2.24) is 9.55 Å². The largest absolute Gasteiger partial charge is 0.464 e. The van der Waals surface area contributed by atoms with Crippen LogP contribution >= 0.6 is 11.3 Å². The topological polar surface area (TPSA) is 71.8 Å². The number of aromatic nitrogens is 2. The lowest BCUT2D eigenvalue weighted by Crippen LogP contribution is -2.24. The number of hydrogen-bond donors (Lipinski definition) is 0. The second-order valence-electron chi connectivity index (χ2n) is 5.63. The van der Waals surface area contributed by atoms with Crippen LogP contribution in [0.1, 0.15) is 17.0 Å². The molecule has 0 saturated carbocycles. The van der Waals surface area contributed by atoms with Gasteiger partial charge in [-0.1, -0.05) is 18.2 Å². The summed E-state index contributed by atoms with van der Waals surface area (Å²) >= 11 is 1.43. The zero-order valence-electron chi connectivity index (χ0n) is 13.4. The van der Waals surface area contributed by atoms with Gasteiger partial charge >= 0.3 is 0 Å². The van der Waals surface area contributed by atoms with Gasteiger partial charge in [-0.3, -0.25) is 9.36 Å². The Balaban J connectivity index is 1.92. The fourth-order valence-corrected chi connectivity index (χ4v) is 3.83. The monoisotopic (exact) mass is 347 g/mol. The summed E-state index contributed by atoms with van der Waals surface area (Å²) in [5.41, 5.74) is 1.99. The van der Waals surface area contributed by atoms with Crippen molar-refractivity contribution >= 4 is 21.6 Å². The number of fused-ring (bicyclic) bond motifs is 1. The Morgan fingerprint density at radius 1 is 1.28 bits per heavy atom. The number of nitrogens with zero attached hydrogens (tertiary/aromatic N) is 3. The summed E-state index contributed by atoms with van der Waals surface area (Å²) in [5, 5.41) is 11.7. The maximum Gasteiger partial charge on any atom is 0.263 e. The van der Waals surface area contributed by atoms with Gasteiger partial charge in [0.2, 0.25) is 0 Å². The molecule has 0 N–H and O–H groups in total. The molecule has 0 fully saturated rings. The maximum absolute atomic E-state index is 13.1. The molecule has 0 spiro atoms. The summed E-state index contributed by atoms with van der Waals surface area (Å²) in [4.78, 5) is 18.4. The summed E-state index contributed by atoms with van der Waals surface area (Å²) in [6, 6.07) is 13.1. The number of nitriles is 1. The standard InChI is InChI=1S/C19H13N3O2S/c1-12-21-18-17(15(11-25-18)16-7-4-8-24-16)19(23)22(12)10-14-6-3-2-5-13(14)9-20/h2-8,11H,10H2,1H3. The number of hydrogen-bond acceptors (Lipinski definition) is 5. The van der Waals surface area contributed by atoms with Crippen LogP contribution in [0, 0.1) is 18.3 Å². The normalized spacial score (nSPS) is 10.9. The van der Waals surface area contributed by atoms with Crippen molar-refractivity contribution in [2.45, 2.75) is 13.5 Å². The van der Waals surface area contributed by atoms with Crippen molar-refractivity contribution in [2.75, 3.05) is 0 Å². The molecule has 25 heavy (non-hydrogen) atoms. The molecule has 0 amide bonds. The van der Waals surface area contributed by atoms with Crippen LogP contribution in [0.3, 0.4) is 0 Å². The van der Waals surface area contributed by atoms with Crippen LogP contribution in [0.15, 0.2) is 57.3 Å². The minimum absolute atomic E-state index is 0.122. The van der Waals surface area contributed by atoms with Gasteiger partial charge in [0, 0.05) is 10.9 Å². The van der Waals surface area contributed by atoms with E-state index in [1.54, 1.807) is 23.0 Å². The summed E-state index contributed by atoms with van der Waals surface area (Å²) in [7, 11) is 0. The Morgan fingerprint density at radius 3 is 2.88 bits per heavy atom. The molecule has 0 radical (unpaired) electrons. The number of aryl methyl sites for hydroxylation is 1. The summed E-state index contributed by atoms with van der Waals surface area (Å²) < 4.78 is 7.06. The lowest BCUT2D eigenvalue weighted by atomic mass is 10.1. The summed E-state index contributed by atoms with van der Waals surface area (Å²) in [6.07, 6.45) is 1.59. The second kappa shape index (κ2) is 6.04. The van der Waals surface area contributed by atoms with Crippen molar-refractivity contribution in [3.05, 3.63) is 75.3 Å². The number of benzene rings is 1. The molecular weight excluding hydrogens is 334 g/mol. The van der Waals surface area contributed by atoms with Crippen molar-refractivity contribution in [3.8, 4) is 17.4 Å². The van der Waals surface area contributed by atoms with Crippen LogP contribution in [0.2, 0.25) is 0 Å². The molecular formula is C19H13N3O2S. The third-order valence-corrected chi connectivity index (χ3v) is 5.01. The maximum atomic E-state index is 13.1. The predicted octanol–water partition coefficient (Wildman–Crippen LogP) is 3.95. The van der Waals surface area contributed by atoms with Gasteiger partial charge < -0.3 is 4.42 Å². The highest BCUT2D eigenvalue weighted by molar-refractivity contribution is 7.17. The molecule has 3 aromatic heterocycles. The molecule has 0 bridgehead atoms. The van der Waals surface area contributed by atoms with E-state index in [9.17, 15) is 10.1 Å². The molecule has 0 atom stereocenters. The summed E-state index contributed by atoms with van der Waals surface area (Å²) in [5.74, 6) is 1.27. The zero-order valence-corrected chi connectivity index (χ0v) is 14.2. The van der Waals surface area contributed by atoms with Crippen LogP contribution in [0.4, 0.5) is 0 Å². The highest BCUT2D eigenvalue weighted by Crippen LogP contribution is 2.31. The van der Waals surface area contributed by atoms with E-state index >= 15 is 0 Å². The first-order valence-electron chi connectivity index (χ1n) is 7.69. The van der Waals surface area contributed by atoms with Gasteiger partial charge in [-0.2, -0.15) is 5.26 Å². The van der Waals surface area contributed by atoms with E-state index < -0.39 is 0 Å². The second-order valence-corrected chi connectivity index (χ2v) is 6.48. The van der Waals surface area contributed by atoms with Crippen molar-refractivity contribution in [3.63, 3.8) is 0 Å². The lowest BCUT2D eigenvalue weighted by Gasteiger charge is -2.11. The molecule has 0 saturated heterocycles. The Morgan fingerprint density at radius 2 is 2.12 bits per heavy atom. The molecule has 4 aromatic rings. The SMILES string of the molecule is Cc1nc2scc(-c3ccco3)c2c(=O)n1Cc1ccccc1C#N. The third kappa shape index (κ3) is 2.55. The number of furan rings is 1. The highest BCUT2D eigenvalue weighted by Gasteiger charge is 2.17. The number of rotatable bonds is 3. The van der Waals surface area contributed by atoms with Crippen LogP contribution in [-0.4, -0.2) is 9.55 Å². The van der Waals surface area contributed by atoms with Crippen molar-refractivity contribution in [1.29, 1.82) is 5.26 Å². The predicted molar refractivity (Wildman–Crippen MR) is 96.6 cm³/mol. The van der Waals surface area contributed by atoms with Gasteiger partial charge in [0.15, 0.2) is 0 Å². The highest BCUT2D eigenvalue weighted by atomic mass is 32.1. The molecule has 0 aliphatic heterocycles. The van der Waals surface area contributed by atoms with Crippen LogP contribution < -0.4 is 5.56 Å². The first-order valence-corrected chi connectivity index (χ1v) is 8.57. The molecule has 122 valence electrons. The molecule has 0 aliphatic rings. The molecule has 1 aromatic carbocycles. The Labute approximate surface area is 147 Å². The first-order chi connectivity index (χ1) is 12.2. The quantitative estimate of drug-likeness (QED) is 0.562. The van der Waals surface area contributed by atoms with E-state index in [1.165, 1.54) is 11.3 Å². The van der Waals surface area contributed by atoms with Crippen LogP contribution in [0.25, 0.3) is 21.5 Å². The average Bonchev–Trinajstić information content (AvgIpc) is 3.28. The Hall–Kier alpha value is -3.17. The van der Waals surface area contributed by atoms with Crippen molar-refractivity contribution in [2.24, 2.45) is 0 Å². The third-order valence-electron chi connectivity index (χ3n) is 4.14. The first kappa shape index (κ1) is 15.4. The van der Waals surface area contributed by atoms with E-state index in [4.69, 9.17) is 4.42 Å². The molecule has 4 rings (SSSR count). The van der Waals surface area contributed by atoms with Crippen LogP contribution in [0.5, 0.6) is 0 Å². The fraction of sp³-hybridized carbons (Fsp3) is 0.105. The summed E-state index contributed by atoms with van der Waals surface area (Å²) in [6.45, 7) is 2.12. The fourth-order valence-electron chi connectivity index (χ4n) is 2.86. The van der Waals surface area contributed by atoms with Gasteiger partial charge in [0.1, 0.15) is 16.4 Å². The molecule has 0 aliphatic carbocycles. The minimum atomic E-state index is -0.122. The Kier molecular flexibility index (Phi) is 3.71. The van der Waals surface area contributed by atoms with Gasteiger partial charge in [-0.15, -0.1) is 11.3 Å². The van der Waals surface area contributed by atoms with E-state index in [0.29, 0.717) is 33.9 Å². The molecule has 6 heteroatoms. The van der Waals surface area contributed by atoms with Gasteiger partial charge in [-0.25, -0.2) is 4.98 Å². The molecule has 5 nitrogen and oxygen atoms in total. The number of thiophene rings is 1. The van der Waals surface area contributed by atoms with Gasteiger partial charge in [-0.05, 0) is 30.7 Å². The lowest BCUT2D eigenvalue weighted by molar-refractivity contribution is 0.583. The van der Waals surface area contributed by atoms with E-state index in [0.717, 1.165) is 11.1 Å². The Bertz CT molecular complexity index is 1160. The van der Waals surface area contributed by atoms with E-state index in [1.807, 2.05) is 36.6 Å². The van der Waals surface area contributed by atoms with Gasteiger partial charge in [0.05, 0.1) is 29.8 Å². The van der Waals surface area contributed by atoms with Crippen LogP contribution in [-0.2, 0) is 6.54 Å². The molecule has 0 unspecified atom stereocenters.